The first-order valence-electron chi connectivity index (χ1n) is 11.2. The molecule has 8 nitrogen and oxygen atoms in total. The summed E-state index contributed by atoms with van der Waals surface area (Å²) >= 11 is 0. The van der Waals surface area contributed by atoms with Gasteiger partial charge in [0.15, 0.2) is 0 Å². The highest BCUT2D eigenvalue weighted by atomic mass is 16.5. The van der Waals surface area contributed by atoms with Crippen molar-refractivity contribution < 1.29 is 14.6 Å². The molecule has 4 heterocycles. The van der Waals surface area contributed by atoms with Crippen LogP contribution in [0.4, 0.5) is 0 Å². The van der Waals surface area contributed by atoms with Crippen molar-refractivity contribution in [3.63, 3.8) is 0 Å². The number of rotatable bonds is 5. The minimum atomic E-state index is -0.491. The van der Waals surface area contributed by atoms with Crippen LogP contribution in [0.2, 0.25) is 0 Å². The van der Waals surface area contributed by atoms with E-state index in [1.807, 2.05) is 37.6 Å². The van der Waals surface area contributed by atoms with E-state index in [4.69, 9.17) is 4.74 Å². The number of amides is 1. The molecule has 0 unspecified atom stereocenters. The Hall–Kier alpha value is -3.26. The number of ether oxygens (including phenoxy) is 1. The number of aryl methyl sites for hydroxylation is 1. The van der Waals surface area contributed by atoms with E-state index in [0.717, 1.165) is 59.5 Å². The van der Waals surface area contributed by atoms with Gasteiger partial charge in [-0.1, -0.05) is 18.9 Å². The summed E-state index contributed by atoms with van der Waals surface area (Å²) in [5.74, 6) is 0.535. The Labute approximate surface area is 186 Å². The molecule has 0 radical (unpaired) electrons. The molecule has 2 aliphatic rings. The maximum atomic E-state index is 12.9. The Balaban J connectivity index is 1.36. The monoisotopic (exact) mass is 433 g/mol. The van der Waals surface area contributed by atoms with Gasteiger partial charge in [0.1, 0.15) is 11.4 Å². The normalized spacial score (nSPS) is 19.9. The fourth-order valence-electron chi connectivity index (χ4n) is 4.48. The maximum absolute atomic E-state index is 12.9. The molecule has 5 rings (SSSR count). The van der Waals surface area contributed by atoms with Gasteiger partial charge in [-0.3, -0.25) is 14.5 Å². The molecule has 2 N–H and O–H groups in total. The van der Waals surface area contributed by atoms with E-state index in [1.165, 1.54) is 0 Å². The standard InChI is InChI=1S/C24H27N5O3/c1-29-14-17(13-26-29)18-7-6-15(12-25-18)10-16-11-21(27-20-8-9-32-23(16)20)24(31)28-19-4-2-3-5-22(19)30/h6-7,11-14,19,22,30H,2-5,8-10H2,1H3,(H,28,31)/t19-,22-/m0/s1. The summed E-state index contributed by atoms with van der Waals surface area (Å²) in [6.07, 6.45) is 9.90. The van der Waals surface area contributed by atoms with Gasteiger partial charge in [0.05, 0.1) is 36.3 Å². The molecule has 2 atom stereocenters. The van der Waals surface area contributed by atoms with E-state index in [2.05, 4.69) is 20.4 Å². The van der Waals surface area contributed by atoms with Crippen molar-refractivity contribution in [2.45, 2.75) is 50.7 Å². The zero-order valence-electron chi connectivity index (χ0n) is 18.1. The lowest BCUT2D eigenvalue weighted by atomic mass is 9.92. The summed E-state index contributed by atoms with van der Waals surface area (Å²) in [4.78, 5) is 22.1. The van der Waals surface area contributed by atoms with Gasteiger partial charge in [-0.25, -0.2) is 4.98 Å². The van der Waals surface area contributed by atoms with Crippen molar-refractivity contribution >= 4 is 5.91 Å². The lowest BCUT2D eigenvalue weighted by Gasteiger charge is -2.28. The number of aliphatic hydroxyl groups excluding tert-OH is 1. The Morgan fingerprint density at radius 2 is 2.16 bits per heavy atom. The van der Waals surface area contributed by atoms with Gasteiger partial charge in [-0.2, -0.15) is 5.10 Å². The first-order chi connectivity index (χ1) is 15.6. The molecule has 1 amide bonds. The van der Waals surface area contributed by atoms with E-state index in [-0.39, 0.29) is 11.9 Å². The number of aliphatic hydroxyl groups is 1. The van der Waals surface area contributed by atoms with Crippen LogP contribution in [0.5, 0.6) is 5.75 Å². The van der Waals surface area contributed by atoms with E-state index in [9.17, 15) is 9.90 Å². The zero-order chi connectivity index (χ0) is 22.1. The largest absolute Gasteiger partial charge is 0.491 e. The van der Waals surface area contributed by atoms with Crippen LogP contribution in [0.15, 0.2) is 36.8 Å². The highest BCUT2D eigenvalue weighted by Gasteiger charge is 2.27. The predicted octanol–water partition coefficient (Wildman–Crippen LogP) is 2.44. The van der Waals surface area contributed by atoms with Gasteiger partial charge < -0.3 is 15.2 Å². The van der Waals surface area contributed by atoms with E-state index in [1.54, 1.807) is 10.9 Å². The smallest absolute Gasteiger partial charge is 0.270 e. The molecule has 32 heavy (non-hydrogen) atoms. The van der Waals surface area contributed by atoms with Crippen molar-refractivity contribution in [3.8, 4) is 17.0 Å². The fraction of sp³-hybridized carbons (Fsp3) is 0.417. The summed E-state index contributed by atoms with van der Waals surface area (Å²) in [6.45, 7) is 0.569. The summed E-state index contributed by atoms with van der Waals surface area (Å²) < 4.78 is 7.59. The first kappa shape index (κ1) is 20.6. The second kappa shape index (κ2) is 8.70. The number of hydrogen-bond donors (Lipinski definition) is 2. The van der Waals surface area contributed by atoms with Crippen molar-refractivity contribution in [1.82, 2.24) is 25.1 Å². The number of nitrogens with one attached hydrogen (secondary N) is 1. The molecule has 1 saturated carbocycles. The van der Waals surface area contributed by atoms with Crippen LogP contribution in [0, 0.1) is 0 Å². The van der Waals surface area contributed by atoms with E-state index in [0.29, 0.717) is 25.1 Å². The molecule has 1 aliphatic heterocycles. The van der Waals surface area contributed by atoms with Crippen molar-refractivity contribution in [2.75, 3.05) is 6.61 Å². The van der Waals surface area contributed by atoms with Gasteiger partial charge in [0.2, 0.25) is 0 Å². The molecule has 0 bridgehead atoms. The maximum Gasteiger partial charge on any atom is 0.270 e. The minimum Gasteiger partial charge on any atom is -0.491 e. The molecule has 1 aliphatic carbocycles. The summed E-state index contributed by atoms with van der Waals surface area (Å²) in [6, 6.07) is 5.61. The number of carbonyl (C=O) groups excluding carboxylic acids is 1. The highest BCUT2D eigenvalue weighted by molar-refractivity contribution is 5.93. The third kappa shape index (κ3) is 4.23. The quantitative estimate of drug-likeness (QED) is 0.641. The zero-order valence-corrected chi connectivity index (χ0v) is 18.1. The second-order valence-electron chi connectivity index (χ2n) is 8.60. The Bertz CT molecular complexity index is 1130. The van der Waals surface area contributed by atoms with Crippen LogP contribution in [0.3, 0.4) is 0 Å². The van der Waals surface area contributed by atoms with E-state index < -0.39 is 6.10 Å². The molecule has 8 heteroatoms. The van der Waals surface area contributed by atoms with E-state index >= 15 is 0 Å². The summed E-state index contributed by atoms with van der Waals surface area (Å²) in [5, 5.41) is 17.4. The number of carbonyl (C=O) groups is 1. The number of pyridine rings is 2. The van der Waals surface area contributed by atoms with Gasteiger partial charge in [0.25, 0.3) is 5.91 Å². The molecule has 3 aromatic rings. The molecular weight excluding hydrogens is 406 g/mol. The fourth-order valence-corrected chi connectivity index (χ4v) is 4.48. The van der Waals surface area contributed by atoms with Crippen LogP contribution in [-0.2, 0) is 19.9 Å². The number of hydrogen-bond acceptors (Lipinski definition) is 6. The minimum absolute atomic E-state index is 0.213. The predicted molar refractivity (Wildman–Crippen MR) is 118 cm³/mol. The van der Waals surface area contributed by atoms with Gasteiger partial charge in [-0.15, -0.1) is 0 Å². The van der Waals surface area contributed by atoms with Crippen LogP contribution in [-0.4, -0.2) is 49.5 Å². The van der Waals surface area contributed by atoms with Crippen molar-refractivity contribution in [3.05, 3.63) is 59.3 Å². The third-order valence-corrected chi connectivity index (χ3v) is 6.20. The van der Waals surface area contributed by atoms with Crippen LogP contribution >= 0.6 is 0 Å². The number of fused-ring (bicyclic) bond motifs is 1. The second-order valence-corrected chi connectivity index (χ2v) is 8.60. The van der Waals surface area contributed by atoms with Gasteiger partial charge >= 0.3 is 0 Å². The van der Waals surface area contributed by atoms with Crippen LogP contribution in [0.1, 0.15) is 53.0 Å². The van der Waals surface area contributed by atoms with Gasteiger partial charge in [0, 0.05) is 43.4 Å². The average Bonchev–Trinajstić information content (AvgIpc) is 3.45. The lowest BCUT2D eigenvalue weighted by Crippen LogP contribution is -2.45. The number of nitrogens with zero attached hydrogens (tertiary/aromatic N) is 4. The molecular formula is C24H27N5O3. The topological polar surface area (TPSA) is 102 Å². The Morgan fingerprint density at radius 1 is 1.28 bits per heavy atom. The molecule has 166 valence electrons. The highest BCUT2D eigenvalue weighted by Crippen LogP contribution is 2.31. The summed E-state index contributed by atoms with van der Waals surface area (Å²) in [7, 11) is 1.88. The first-order valence-corrected chi connectivity index (χ1v) is 11.2. The van der Waals surface area contributed by atoms with Gasteiger partial charge in [-0.05, 0) is 30.5 Å². The SMILES string of the molecule is Cn1cc(-c2ccc(Cc3cc(C(=O)N[C@H]4CCCC[C@@H]4O)nc4c3OCC4)cn2)cn1. The molecule has 1 fully saturated rings. The Morgan fingerprint density at radius 3 is 2.91 bits per heavy atom. The lowest BCUT2D eigenvalue weighted by molar-refractivity contribution is 0.0713. The van der Waals surface area contributed by atoms with Crippen molar-refractivity contribution in [2.24, 2.45) is 7.05 Å². The van der Waals surface area contributed by atoms with Crippen molar-refractivity contribution in [1.29, 1.82) is 0 Å². The van der Waals surface area contributed by atoms with Crippen LogP contribution < -0.4 is 10.1 Å². The molecule has 3 aromatic heterocycles. The third-order valence-electron chi connectivity index (χ3n) is 6.20. The molecule has 0 spiro atoms. The average molecular weight is 434 g/mol. The Kier molecular flexibility index (Phi) is 5.61. The molecule has 0 saturated heterocycles. The number of aromatic nitrogens is 4. The van der Waals surface area contributed by atoms with Crippen LogP contribution in [0.25, 0.3) is 11.3 Å². The summed E-state index contributed by atoms with van der Waals surface area (Å²) in [5.41, 5.74) is 4.98. The molecule has 0 aromatic carbocycles.